The Kier molecular flexibility index (Phi) is 5.88. The van der Waals surface area contributed by atoms with Crippen molar-refractivity contribution in [2.45, 2.75) is 19.4 Å². The quantitative estimate of drug-likeness (QED) is 0.198. The van der Waals surface area contributed by atoms with E-state index < -0.39 is 0 Å². The molecular weight excluding hydrogens is 587 g/mol. The maximum Gasteiger partial charge on any atom is 0.145 e. The number of hydrogen-bond donors (Lipinski definition) is 0. The Bertz CT molecular complexity index is 2710. The highest BCUT2D eigenvalue weighted by Gasteiger charge is 2.23. The summed E-state index contributed by atoms with van der Waals surface area (Å²) >= 11 is 0. The van der Waals surface area contributed by atoms with Crippen molar-refractivity contribution >= 4 is 71.6 Å². The van der Waals surface area contributed by atoms with Gasteiger partial charge in [-0.1, -0.05) is 97.1 Å². The fraction of sp³-hybridized carbons (Fsp3) is 0.0682. The summed E-state index contributed by atoms with van der Waals surface area (Å²) in [6.45, 7) is 2.26. The zero-order chi connectivity index (χ0) is 31.8. The number of fused-ring (bicyclic) bond motifs is 9. The molecule has 10 rings (SSSR count). The molecule has 48 heavy (non-hydrogen) atoms. The smallest absolute Gasteiger partial charge is 0.145 e. The molecule has 6 aromatic carbocycles. The lowest BCUT2D eigenvalue weighted by atomic mass is 10.0. The molecule has 1 unspecified atom stereocenters. The second-order valence-corrected chi connectivity index (χ2v) is 12.8. The second kappa shape index (κ2) is 10.4. The van der Waals surface area contributed by atoms with E-state index in [9.17, 15) is 0 Å². The molecule has 0 spiro atoms. The predicted octanol–water partition coefficient (Wildman–Crippen LogP) is 11.3. The van der Waals surface area contributed by atoms with Gasteiger partial charge < -0.3 is 13.9 Å². The fourth-order valence-electron chi connectivity index (χ4n) is 7.64. The van der Waals surface area contributed by atoms with Crippen LogP contribution in [-0.4, -0.2) is 21.3 Å². The van der Waals surface area contributed by atoms with Crippen molar-refractivity contribution in [3.05, 3.63) is 163 Å². The Hall–Kier alpha value is -6.13. The van der Waals surface area contributed by atoms with Crippen molar-refractivity contribution < 1.29 is 4.42 Å². The molecule has 1 atom stereocenters. The van der Waals surface area contributed by atoms with Gasteiger partial charge in [0.2, 0.25) is 0 Å². The molecular formula is C44H31N3O. The van der Waals surface area contributed by atoms with E-state index in [0.717, 1.165) is 73.1 Å². The van der Waals surface area contributed by atoms with Gasteiger partial charge in [-0.25, -0.2) is 4.99 Å². The van der Waals surface area contributed by atoms with Crippen LogP contribution in [0, 0.1) is 0 Å². The standard InChI is InChI=1S/C44H31N3O/c1-28-17-23-38(34-14-8-10-30-9-2-3-11-33(30)34)45-42-27-31(25-26-46(28)42)29-18-20-32(21-19-29)47-39-15-6-4-13-37(39)43-40(47)24-22-36-35-12-5-7-16-41(35)48-44(36)43/h2-16,18-28H,17H2,1H3. The van der Waals surface area contributed by atoms with Gasteiger partial charge in [-0.15, -0.1) is 0 Å². The number of aromatic nitrogens is 1. The molecule has 0 saturated heterocycles. The van der Waals surface area contributed by atoms with Crippen molar-refractivity contribution in [2.75, 3.05) is 0 Å². The van der Waals surface area contributed by atoms with Crippen LogP contribution < -0.4 is 0 Å². The molecule has 2 aliphatic heterocycles. The number of hydrogen-bond acceptors (Lipinski definition) is 3. The molecule has 4 nitrogen and oxygen atoms in total. The predicted molar refractivity (Wildman–Crippen MR) is 200 cm³/mol. The number of benzene rings is 6. The zero-order valence-electron chi connectivity index (χ0n) is 26.5. The van der Waals surface area contributed by atoms with Crippen molar-refractivity contribution in [3.63, 3.8) is 0 Å². The average Bonchev–Trinajstić information content (AvgIpc) is 3.63. The molecule has 2 aliphatic rings. The Morgan fingerprint density at radius 3 is 2.35 bits per heavy atom. The average molecular weight is 618 g/mol. The third-order valence-electron chi connectivity index (χ3n) is 10.0. The van der Waals surface area contributed by atoms with E-state index in [1.54, 1.807) is 0 Å². The van der Waals surface area contributed by atoms with Crippen molar-refractivity contribution in [1.82, 2.24) is 9.47 Å². The number of nitrogens with zero attached hydrogens (tertiary/aromatic N) is 3. The van der Waals surface area contributed by atoms with Gasteiger partial charge in [-0.05, 0) is 83.8 Å². The molecule has 0 fully saturated rings. The third-order valence-corrected chi connectivity index (χ3v) is 10.0. The number of furan rings is 1. The summed E-state index contributed by atoms with van der Waals surface area (Å²) in [7, 11) is 0. The number of allylic oxidation sites excluding steroid dienone is 2. The minimum Gasteiger partial charge on any atom is -0.455 e. The largest absolute Gasteiger partial charge is 0.455 e. The number of para-hydroxylation sites is 2. The van der Waals surface area contributed by atoms with Crippen LogP contribution in [0.15, 0.2) is 161 Å². The van der Waals surface area contributed by atoms with Crippen LogP contribution in [0.5, 0.6) is 0 Å². The Balaban J connectivity index is 1.06. The van der Waals surface area contributed by atoms with Gasteiger partial charge in [0.1, 0.15) is 17.0 Å². The Morgan fingerprint density at radius 1 is 0.688 bits per heavy atom. The monoisotopic (exact) mass is 617 g/mol. The maximum atomic E-state index is 6.49. The molecule has 0 aliphatic carbocycles. The molecule has 0 bridgehead atoms. The molecule has 0 radical (unpaired) electrons. The molecule has 228 valence electrons. The van der Waals surface area contributed by atoms with E-state index >= 15 is 0 Å². The molecule has 0 N–H and O–H groups in total. The normalized spacial score (nSPS) is 16.4. The van der Waals surface area contributed by atoms with Crippen molar-refractivity contribution in [2.24, 2.45) is 4.99 Å². The molecule has 4 heterocycles. The second-order valence-electron chi connectivity index (χ2n) is 12.8. The first-order valence-corrected chi connectivity index (χ1v) is 16.6. The van der Waals surface area contributed by atoms with Crippen LogP contribution in [0.25, 0.3) is 71.5 Å². The summed E-state index contributed by atoms with van der Waals surface area (Å²) in [4.78, 5) is 7.57. The molecule has 2 aromatic heterocycles. The van der Waals surface area contributed by atoms with Crippen LogP contribution in [0.4, 0.5) is 0 Å². The van der Waals surface area contributed by atoms with Gasteiger partial charge in [0, 0.05) is 39.7 Å². The summed E-state index contributed by atoms with van der Waals surface area (Å²) in [6, 6.07) is 45.6. The highest BCUT2D eigenvalue weighted by Crippen LogP contribution is 2.40. The maximum absolute atomic E-state index is 6.49. The lowest BCUT2D eigenvalue weighted by Crippen LogP contribution is -2.33. The SMILES string of the molecule is CC1CC=C(c2cccc3ccccc23)N=C2C=C(c3ccc(-n4c5ccccc5c5c6oc7ccccc7c6ccc54)cc3)C=CN21. The van der Waals surface area contributed by atoms with Gasteiger partial charge in [0.15, 0.2) is 0 Å². The summed E-state index contributed by atoms with van der Waals surface area (Å²) in [5.41, 5.74) is 9.78. The molecule has 0 amide bonds. The van der Waals surface area contributed by atoms with Crippen molar-refractivity contribution in [3.8, 4) is 5.69 Å². The summed E-state index contributed by atoms with van der Waals surface area (Å²) < 4.78 is 8.84. The van der Waals surface area contributed by atoms with Gasteiger partial charge in [0.25, 0.3) is 0 Å². The van der Waals surface area contributed by atoms with Gasteiger partial charge >= 0.3 is 0 Å². The lowest BCUT2D eigenvalue weighted by Gasteiger charge is -2.28. The van der Waals surface area contributed by atoms with E-state index in [1.807, 2.05) is 6.07 Å². The number of aliphatic imine (C=N–C) groups is 1. The first kappa shape index (κ1) is 27.0. The van der Waals surface area contributed by atoms with E-state index in [-0.39, 0.29) is 0 Å². The van der Waals surface area contributed by atoms with Crippen LogP contribution in [-0.2, 0) is 0 Å². The molecule has 8 aromatic rings. The Labute approximate surface area is 277 Å². The summed E-state index contributed by atoms with van der Waals surface area (Å²) in [6.07, 6.45) is 9.85. The van der Waals surface area contributed by atoms with Gasteiger partial charge in [-0.3, -0.25) is 0 Å². The summed E-state index contributed by atoms with van der Waals surface area (Å²) in [5.74, 6) is 0.970. The van der Waals surface area contributed by atoms with E-state index in [0.29, 0.717) is 6.04 Å². The number of amidine groups is 1. The van der Waals surface area contributed by atoms with Crippen LogP contribution in [0.3, 0.4) is 0 Å². The minimum atomic E-state index is 0.307. The third kappa shape index (κ3) is 4.06. The zero-order valence-corrected chi connectivity index (χ0v) is 26.5. The van der Waals surface area contributed by atoms with Crippen molar-refractivity contribution in [1.29, 1.82) is 0 Å². The highest BCUT2D eigenvalue weighted by molar-refractivity contribution is 6.23. The van der Waals surface area contributed by atoms with E-state index in [1.165, 1.54) is 21.7 Å². The number of rotatable bonds is 3. The van der Waals surface area contributed by atoms with Crippen LogP contribution >= 0.6 is 0 Å². The minimum absolute atomic E-state index is 0.307. The van der Waals surface area contributed by atoms with Gasteiger partial charge in [-0.2, -0.15) is 0 Å². The molecule has 0 saturated carbocycles. The first-order chi connectivity index (χ1) is 23.7. The first-order valence-electron chi connectivity index (χ1n) is 16.6. The fourth-order valence-corrected chi connectivity index (χ4v) is 7.64. The topological polar surface area (TPSA) is 33.7 Å². The summed E-state index contributed by atoms with van der Waals surface area (Å²) in [5, 5.41) is 7.10. The van der Waals surface area contributed by atoms with Crippen LogP contribution in [0.1, 0.15) is 24.5 Å². The molecule has 4 heteroatoms. The highest BCUT2D eigenvalue weighted by atomic mass is 16.3. The lowest BCUT2D eigenvalue weighted by molar-refractivity contribution is 0.435. The Morgan fingerprint density at radius 2 is 1.46 bits per heavy atom. The van der Waals surface area contributed by atoms with Gasteiger partial charge in [0.05, 0.1) is 22.1 Å². The van der Waals surface area contributed by atoms with E-state index in [2.05, 4.69) is 162 Å². The van der Waals surface area contributed by atoms with E-state index in [4.69, 9.17) is 9.41 Å². The van der Waals surface area contributed by atoms with Crippen LogP contribution in [0.2, 0.25) is 0 Å².